The molecule has 1 heterocycles. The van der Waals surface area contributed by atoms with Gasteiger partial charge in [0.15, 0.2) is 16.5 Å². The summed E-state index contributed by atoms with van der Waals surface area (Å²) in [6.07, 6.45) is 2.96. The SMILES string of the molecule is COc1cc(/C=C/C(=O)c2nc3ccccc3s2)ccc1OC(F)F. The van der Waals surface area contributed by atoms with E-state index in [1.807, 2.05) is 24.3 Å². The van der Waals surface area contributed by atoms with Crippen molar-refractivity contribution in [2.24, 2.45) is 0 Å². The maximum atomic E-state index is 12.3. The minimum atomic E-state index is -2.93. The zero-order chi connectivity index (χ0) is 17.8. The van der Waals surface area contributed by atoms with E-state index in [1.54, 1.807) is 12.1 Å². The molecule has 0 saturated heterocycles. The highest BCUT2D eigenvalue weighted by atomic mass is 32.1. The van der Waals surface area contributed by atoms with Gasteiger partial charge in [-0.05, 0) is 35.9 Å². The lowest BCUT2D eigenvalue weighted by Crippen LogP contribution is -2.03. The Balaban J connectivity index is 1.79. The molecule has 0 aliphatic heterocycles. The van der Waals surface area contributed by atoms with E-state index in [1.165, 1.54) is 36.7 Å². The van der Waals surface area contributed by atoms with Gasteiger partial charge in [-0.25, -0.2) is 4.98 Å². The number of carbonyl (C=O) groups is 1. The number of para-hydroxylation sites is 1. The van der Waals surface area contributed by atoms with Crippen molar-refractivity contribution in [3.8, 4) is 11.5 Å². The van der Waals surface area contributed by atoms with Crippen molar-refractivity contribution in [1.82, 2.24) is 4.98 Å². The number of nitrogens with zero attached hydrogens (tertiary/aromatic N) is 1. The number of halogens is 2. The molecule has 0 N–H and O–H groups in total. The highest BCUT2D eigenvalue weighted by Gasteiger charge is 2.11. The molecule has 1 aromatic heterocycles. The number of methoxy groups -OCH3 is 1. The molecule has 2 aromatic carbocycles. The Bertz CT molecular complexity index is 904. The normalized spacial score (nSPS) is 11.4. The van der Waals surface area contributed by atoms with Gasteiger partial charge in [0.1, 0.15) is 0 Å². The number of ether oxygens (including phenoxy) is 2. The van der Waals surface area contributed by atoms with E-state index in [9.17, 15) is 13.6 Å². The van der Waals surface area contributed by atoms with Gasteiger partial charge in [-0.15, -0.1) is 11.3 Å². The molecule has 0 spiro atoms. The molecular formula is C18H13F2NO3S. The number of thiazole rings is 1. The first-order valence-corrected chi connectivity index (χ1v) is 8.09. The lowest BCUT2D eigenvalue weighted by atomic mass is 10.1. The van der Waals surface area contributed by atoms with Crippen LogP contribution in [-0.4, -0.2) is 24.5 Å². The first-order chi connectivity index (χ1) is 12.1. The summed E-state index contributed by atoms with van der Waals surface area (Å²) >= 11 is 1.32. The number of hydrogen-bond acceptors (Lipinski definition) is 5. The number of rotatable bonds is 6. The summed E-state index contributed by atoms with van der Waals surface area (Å²) in [7, 11) is 1.35. The second-order valence-corrected chi connectivity index (χ2v) is 6.00. The van der Waals surface area contributed by atoms with Crippen LogP contribution in [0.2, 0.25) is 0 Å². The number of hydrogen-bond donors (Lipinski definition) is 0. The molecule has 0 fully saturated rings. The molecule has 3 aromatic rings. The molecule has 128 valence electrons. The Morgan fingerprint density at radius 1 is 1.20 bits per heavy atom. The van der Waals surface area contributed by atoms with E-state index in [4.69, 9.17) is 4.74 Å². The van der Waals surface area contributed by atoms with Crippen LogP contribution in [0.1, 0.15) is 15.4 Å². The molecule has 0 bridgehead atoms. The second-order valence-electron chi connectivity index (χ2n) is 4.97. The van der Waals surface area contributed by atoms with Crippen molar-refractivity contribution < 1.29 is 23.0 Å². The predicted molar refractivity (Wildman–Crippen MR) is 92.6 cm³/mol. The van der Waals surface area contributed by atoms with Gasteiger partial charge < -0.3 is 9.47 Å². The number of aromatic nitrogens is 1. The van der Waals surface area contributed by atoms with Gasteiger partial charge in [0.25, 0.3) is 0 Å². The second kappa shape index (κ2) is 7.40. The maximum absolute atomic E-state index is 12.3. The standard InChI is InChI=1S/C18H13F2NO3S/c1-23-15-10-11(7-9-14(15)24-18(19)20)6-8-13(22)17-21-12-4-2-3-5-16(12)25-17/h2-10,18H,1H3/b8-6+. The van der Waals surface area contributed by atoms with Crippen LogP contribution in [0, 0.1) is 0 Å². The molecule has 0 aliphatic carbocycles. The summed E-state index contributed by atoms with van der Waals surface area (Å²) < 4.78 is 35.0. The molecule has 4 nitrogen and oxygen atoms in total. The number of benzene rings is 2. The maximum Gasteiger partial charge on any atom is 0.387 e. The third-order valence-electron chi connectivity index (χ3n) is 3.34. The van der Waals surface area contributed by atoms with Gasteiger partial charge in [-0.3, -0.25) is 4.79 Å². The highest BCUT2D eigenvalue weighted by molar-refractivity contribution is 7.20. The van der Waals surface area contributed by atoms with Gasteiger partial charge in [0.05, 0.1) is 17.3 Å². The summed E-state index contributed by atoms with van der Waals surface area (Å²) in [5, 5.41) is 0.391. The summed E-state index contributed by atoms with van der Waals surface area (Å²) in [6, 6.07) is 11.9. The average Bonchev–Trinajstić information content (AvgIpc) is 3.04. The monoisotopic (exact) mass is 361 g/mol. The predicted octanol–water partition coefficient (Wildman–Crippen LogP) is 4.80. The number of allylic oxidation sites excluding steroid dienone is 1. The zero-order valence-electron chi connectivity index (χ0n) is 13.1. The first-order valence-electron chi connectivity index (χ1n) is 7.27. The Morgan fingerprint density at radius 2 is 2.00 bits per heavy atom. The van der Waals surface area contributed by atoms with E-state index < -0.39 is 6.61 Å². The van der Waals surface area contributed by atoms with Crippen LogP contribution in [-0.2, 0) is 0 Å². The third kappa shape index (κ3) is 4.00. The number of fused-ring (bicyclic) bond motifs is 1. The quantitative estimate of drug-likeness (QED) is 0.467. The van der Waals surface area contributed by atoms with E-state index in [0.29, 0.717) is 10.6 Å². The topological polar surface area (TPSA) is 48.4 Å². The zero-order valence-corrected chi connectivity index (χ0v) is 13.9. The minimum absolute atomic E-state index is 0.0628. The number of carbonyl (C=O) groups excluding carboxylic acids is 1. The van der Waals surface area contributed by atoms with Crippen LogP contribution in [0.5, 0.6) is 11.5 Å². The average molecular weight is 361 g/mol. The smallest absolute Gasteiger partial charge is 0.387 e. The molecule has 0 amide bonds. The van der Waals surface area contributed by atoms with Crippen LogP contribution in [0.3, 0.4) is 0 Å². The highest BCUT2D eigenvalue weighted by Crippen LogP contribution is 2.30. The fourth-order valence-corrected chi connectivity index (χ4v) is 3.09. The van der Waals surface area contributed by atoms with Crippen molar-refractivity contribution >= 4 is 33.4 Å². The number of ketones is 1. The van der Waals surface area contributed by atoms with Crippen molar-refractivity contribution in [2.75, 3.05) is 7.11 Å². The Morgan fingerprint density at radius 3 is 2.72 bits per heavy atom. The van der Waals surface area contributed by atoms with Crippen LogP contribution in [0.25, 0.3) is 16.3 Å². The van der Waals surface area contributed by atoms with Gasteiger partial charge in [0.2, 0.25) is 5.78 Å². The largest absolute Gasteiger partial charge is 0.493 e. The van der Waals surface area contributed by atoms with E-state index in [-0.39, 0.29) is 17.3 Å². The number of alkyl halides is 2. The van der Waals surface area contributed by atoms with Crippen LogP contribution in [0.15, 0.2) is 48.5 Å². The molecule has 0 aliphatic rings. The summed E-state index contributed by atoms with van der Waals surface area (Å²) in [4.78, 5) is 16.6. The van der Waals surface area contributed by atoms with E-state index in [2.05, 4.69) is 9.72 Å². The Hall–Kier alpha value is -2.80. The first kappa shape index (κ1) is 17.0. The van der Waals surface area contributed by atoms with Gasteiger partial charge in [-0.1, -0.05) is 24.3 Å². The van der Waals surface area contributed by atoms with E-state index >= 15 is 0 Å². The summed E-state index contributed by atoms with van der Waals surface area (Å²) in [5.74, 6) is -0.130. The molecule has 7 heteroatoms. The molecular weight excluding hydrogens is 348 g/mol. The molecule has 25 heavy (non-hydrogen) atoms. The molecule has 0 atom stereocenters. The van der Waals surface area contributed by atoms with E-state index in [0.717, 1.165) is 10.2 Å². The van der Waals surface area contributed by atoms with Crippen LogP contribution >= 0.6 is 11.3 Å². The van der Waals surface area contributed by atoms with Crippen LogP contribution in [0.4, 0.5) is 8.78 Å². The van der Waals surface area contributed by atoms with Gasteiger partial charge >= 0.3 is 6.61 Å². The fraction of sp³-hybridized carbons (Fsp3) is 0.111. The van der Waals surface area contributed by atoms with Crippen molar-refractivity contribution in [3.05, 3.63) is 59.1 Å². The van der Waals surface area contributed by atoms with Gasteiger partial charge in [-0.2, -0.15) is 8.78 Å². The lowest BCUT2D eigenvalue weighted by Gasteiger charge is -2.10. The van der Waals surface area contributed by atoms with Crippen molar-refractivity contribution in [1.29, 1.82) is 0 Å². The molecule has 0 unspecified atom stereocenters. The summed E-state index contributed by atoms with van der Waals surface area (Å²) in [6.45, 7) is -2.93. The summed E-state index contributed by atoms with van der Waals surface area (Å²) in [5.41, 5.74) is 1.40. The third-order valence-corrected chi connectivity index (χ3v) is 4.39. The Labute approximate surface area is 146 Å². The lowest BCUT2D eigenvalue weighted by molar-refractivity contribution is -0.0512. The van der Waals surface area contributed by atoms with Crippen molar-refractivity contribution in [2.45, 2.75) is 6.61 Å². The fourth-order valence-electron chi connectivity index (χ4n) is 2.20. The van der Waals surface area contributed by atoms with Crippen molar-refractivity contribution in [3.63, 3.8) is 0 Å². The molecule has 0 radical (unpaired) electrons. The Kier molecular flexibility index (Phi) is 5.04. The van der Waals surface area contributed by atoms with Gasteiger partial charge in [0, 0.05) is 0 Å². The molecule has 3 rings (SSSR count). The molecule has 0 saturated carbocycles. The van der Waals surface area contributed by atoms with Crippen LogP contribution < -0.4 is 9.47 Å². The minimum Gasteiger partial charge on any atom is -0.493 e.